The molecule has 0 radical (unpaired) electrons. The lowest BCUT2D eigenvalue weighted by atomic mass is 9.96. The van der Waals surface area contributed by atoms with Gasteiger partial charge in [-0.25, -0.2) is 4.79 Å². The number of carbonyl (C=O) groups excluding carboxylic acids is 1. The molecule has 0 spiro atoms. The molecule has 3 heterocycles. The Bertz CT molecular complexity index is 1630. The number of methoxy groups -OCH3 is 1. The number of anilines is 2. The number of carboxylic acids is 1. The van der Waals surface area contributed by atoms with Gasteiger partial charge in [-0.05, 0) is 80.2 Å². The molecule has 0 bridgehead atoms. The number of nitrogens with zero attached hydrogens (tertiary/aromatic N) is 3. The summed E-state index contributed by atoms with van der Waals surface area (Å²) < 4.78 is 7.70. The standard InChI is InChI=1S/C31H31N5O4S/c1-5-27(37)33-24-13-12-22(17-26(24)40-4)36-29(28(34-31(36)41)25-11-6-7-14-32-25)23-15-18(2)35(19(23)3)21-10-8-9-20(16-21)30(38)39/h6-17,28-29H,5H2,1-4H3,(H,33,37)(H,34,41)(H,38,39). The predicted molar refractivity (Wildman–Crippen MR) is 162 cm³/mol. The van der Waals surface area contributed by atoms with Gasteiger partial charge in [0.25, 0.3) is 0 Å². The van der Waals surface area contributed by atoms with Crippen molar-refractivity contribution in [2.45, 2.75) is 39.3 Å². The normalized spacial score (nSPS) is 16.4. The third kappa shape index (κ3) is 5.26. The average Bonchev–Trinajstić information content (AvgIpc) is 3.48. The number of hydrogen-bond acceptors (Lipinski definition) is 5. The number of aryl methyl sites for hydroxylation is 1. The van der Waals surface area contributed by atoms with Crippen LogP contribution in [0.15, 0.2) is 72.9 Å². The summed E-state index contributed by atoms with van der Waals surface area (Å²) >= 11 is 5.90. The number of amides is 1. The van der Waals surface area contributed by atoms with Gasteiger partial charge in [-0.1, -0.05) is 19.1 Å². The van der Waals surface area contributed by atoms with Gasteiger partial charge in [-0.3, -0.25) is 9.78 Å². The van der Waals surface area contributed by atoms with E-state index in [1.165, 1.54) is 0 Å². The smallest absolute Gasteiger partial charge is 0.335 e. The van der Waals surface area contributed by atoms with Gasteiger partial charge < -0.3 is 29.9 Å². The second kappa shape index (κ2) is 11.4. The van der Waals surface area contributed by atoms with E-state index in [1.807, 2.05) is 61.2 Å². The highest BCUT2D eigenvalue weighted by Crippen LogP contribution is 2.45. The summed E-state index contributed by atoms with van der Waals surface area (Å²) in [5.41, 5.74) is 6.09. The zero-order valence-electron chi connectivity index (χ0n) is 23.2. The molecule has 3 N–H and O–H groups in total. The van der Waals surface area contributed by atoms with Gasteiger partial charge in [0.2, 0.25) is 5.91 Å². The van der Waals surface area contributed by atoms with Crippen molar-refractivity contribution in [2.75, 3.05) is 17.3 Å². The molecule has 2 aromatic carbocycles. The van der Waals surface area contributed by atoms with Crippen molar-refractivity contribution in [3.8, 4) is 11.4 Å². The van der Waals surface area contributed by atoms with E-state index in [4.69, 9.17) is 17.0 Å². The van der Waals surface area contributed by atoms with Crippen molar-refractivity contribution < 1.29 is 19.4 Å². The Morgan fingerprint density at radius 2 is 1.88 bits per heavy atom. The summed E-state index contributed by atoms with van der Waals surface area (Å²) in [6.07, 6.45) is 2.11. The fourth-order valence-corrected chi connectivity index (χ4v) is 5.73. The Labute approximate surface area is 243 Å². The number of rotatable bonds is 8. The first kappa shape index (κ1) is 27.9. The summed E-state index contributed by atoms with van der Waals surface area (Å²) in [5, 5.41) is 16.5. The number of thiocarbonyl (C=S) groups is 1. The van der Waals surface area contributed by atoms with Crippen LogP contribution in [-0.2, 0) is 4.79 Å². The van der Waals surface area contributed by atoms with Gasteiger partial charge in [0.15, 0.2) is 5.11 Å². The lowest BCUT2D eigenvalue weighted by Crippen LogP contribution is -2.29. The lowest BCUT2D eigenvalue weighted by Gasteiger charge is -2.29. The number of aromatic carboxylic acids is 1. The Morgan fingerprint density at radius 1 is 1.07 bits per heavy atom. The van der Waals surface area contributed by atoms with E-state index in [9.17, 15) is 14.7 Å². The number of pyridine rings is 1. The average molecular weight is 570 g/mol. The molecule has 9 nitrogen and oxygen atoms in total. The first-order chi connectivity index (χ1) is 19.7. The molecule has 1 saturated heterocycles. The van der Waals surface area contributed by atoms with Crippen molar-refractivity contribution in [1.29, 1.82) is 0 Å². The summed E-state index contributed by atoms with van der Waals surface area (Å²) in [6.45, 7) is 5.81. The molecule has 4 aromatic rings. The molecule has 1 fully saturated rings. The molecule has 10 heteroatoms. The summed E-state index contributed by atoms with van der Waals surface area (Å²) in [5.74, 6) is -0.571. The summed E-state index contributed by atoms with van der Waals surface area (Å²) in [7, 11) is 1.56. The number of carbonyl (C=O) groups is 2. The molecule has 2 atom stereocenters. The molecule has 2 unspecified atom stereocenters. The lowest BCUT2D eigenvalue weighted by molar-refractivity contribution is -0.115. The highest BCUT2D eigenvalue weighted by atomic mass is 32.1. The molecule has 0 saturated carbocycles. The van der Waals surface area contributed by atoms with Crippen LogP contribution < -0.4 is 20.3 Å². The molecule has 1 aliphatic rings. The molecule has 1 aliphatic heterocycles. The van der Waals surface area contributed by atoms with Crippen LogP contribution in [-0.4, -0.2) is 38.8 Å². The third-order valence-corrected chi connectivity index (χ3v) is 7.61. The number of carboxylic acid groups (broad SMARTS) is 1. The summed E-state index contributed by atoms with van der Waals surface area (Å²) in [6, 6.07) is 19.8. The first-order valence-electron chi connectivity index (χ1n) is 13.2. The van der Waals surface area contributed by atoms with Crippen molar-refractivity contribution in [3.05, 3.63) is 101 Å². The van der Waals surface area contributed by atoms with Crippen LogP contribution in [0.4, 0.5) is 11.4 Å². The van der Waals surface area contributed by atoms with Gasteiger partial charge in [0.1, 0.15) is 5.75 Å². The van der Waals surface area contributed by atoms with Crippen LogP contribution >= 0.6 is 12.2 Å². The van der Waals surface area contributed by atoms with Gasteiger partial charge in [0.05, 0.1) is 36.1 Å². The largest absolute Gasteiger partial charge is 0.494 e. The maximum atomic E-state index is 12.1. The Kier molecular flexibility index (Phi) is 7.76. The molecule has 41 heavy (non-hydrogen) atoms. The molecule has 5 rings (SSSR count). The second-order valence-corrected chi connectivity index (χ2v) is 10.2. The number of hydrogen-bond donors (Lipinski definition) is 3. The minimum Gasteiger partial charge on any atom is -0.494 e. The van der Waals surface area contributed by atoms with Crippen LogP contribution in [0.25, 0.3) is 5.69 Å². The SMILES string of the molecule is CCC(=O)Nc1ccc(N2C(=S)NC(c3ccccn3)C2c2cc(C)n(-c3cccc(C(=O)O)c3)c2C)cc1OC. The Balaban J connectivity index is 1.65. The third-order valence-electron chi connectivity index (χ3n) is 7.30. The highest BCUT2D eigenvalue weighted by Gasteiger charge is 2.42. The van der Waals surface area contributed by atoms with Crippen molar-refractivity contribution in [1.82, 2.24) is 14.9 Å². The van der Waals surface area contributed by atoms with E-state index in [0.717, 1.165) is 34.0 Å². The maximum Gasteiger partial charge on any atom is 0.335 e. The van der Waals surface area contributed by atoms with E-state index < -0.39 is 5.97 Å². The zero-order valence-corrected chi connectivity index (χ0v) is 24.0. The van der Waals surface area contributed by atoms with Crippen LogP contribution in [0.5, 0.6) is 5.75 Å². The quantitative estimate of drug-likeness (QED) is 0.231. The van der Waals surface area contributed by atoms with E-state index in [0.29, 0.717) is 23.0 Å². The van der Waals surface area contributed by atoms with Gasteiger partial charge in [-0.2, -0.15) is 0 Å². The highest BCUT2D eigenvalue weighted by molar-refractivity contribution is 7.80. The van der Waals surface area contributed by atoms with Gasteiger partial charge in [-0.15, -0.1) is 0 Å². The Hall–Kier alpha value is -4.70. The molecule has 1 amide bonds. The Morgan fingerprint density at radius 3 is 2.56 bits per heavy atom. The summed E-state index contributed by atoms with van der Waals surface area (Å²) in [4.78, 5) is 30.4. The minimum atomic E-state index is -0.978. The monoisotopic (exact) mass is 569 g/mol. The number of nitrogens with one attached hydrogen (secondary N) is 2. The maximum absolute atomic E-state index is 12.1. The van der Waals surface area contributed by atoms with E-state index in [-0.39, 0.29) is 23.6 Å². The molecule has 2 aromatic heterocycles. The van der Waals surface area contributed by atoms with E-state index in [1.54, 1.807) is 38.4 Å². The van der Waals surface area contributed by atoms with Crippen LogP contribution in [0.3, 0.4) is 0 Å². The van der Waals surface area contributed by atoms with Crippen LogP contribution in [0, 0.1) is 13.8 Å². The molecular formula is C31H31N5O4S. The predicted octanol–water partition coefficient (Wildman–Crippen LogP) is 5.72. The van der Waals surface area contributed by atoms with E-state index in [2.05, 4.69) is 26.3 Å². The van der Waals surface area contributed by atoms with Gasteiger partial charge >= 0.3 is 5.97 Å². The molecule has 0 aliphatic carbocycles. The van der Waals surface area contributed by atoms with Crippen molar-refractivity contribution in [2.24, 2.45) is 0 Å². The topological polar surface area (TPSA) is 109 Å². The van der Waals surface area contributed by atoms with Crippen molar-refractivity contribution in [3.63, 3.8) is 0 Å². The zero-order chi connectivity index (χ0) is 29.3. The van der Waals surface area contributed by atoms with E-state index >= 15 is 0 Å². The molecule has 210 valence electrons. The fraction of sp³-hybridized carbons (Fsp3) is 0.226. The van der Waals surface area contributed by atoms with Crippen molar-refractivity contribution >= 4 is 40.6 Å². The van der Waals surface area contributed by atoms with Crippen LogP contribution in [0.2, 0.25) is 0 Å². The minimum absolute atomic E-state index is 0.109. The fourth-order valence-electron chi connectivity index (χ4n) is 5.38. The number of ether oxygens (including phenoxy) is 1. The van der Waals surface area contributed by atoms with Gasteiger partial charge in [0, 0.05) is 41.4 Å². The first-order valence-corrected chi connectivity index (χ1v) is 13.7. The number of benzene rings is 2. The second-order valence-electron chi connectivity index (χ2n) is 9.80. The number of aromatic nitrogens is 2. The van der Waals surface area contributed by atoms with Crippen LogP contribution in [0.1, 0.15) is 58.4 Å². The molecular weight excluding hydrogens is 538 g/mol.